The zero-order chi connectivity index (χ0) is 35.6. The number of nitrogens with one attached hydrogen (secondary N) is 2. The van der Waals surface area contributed by atoms with Crippen LogP contribution in [0.25, 0.3) is 16.7 Å². The van der Waals surface area contributed by atoms with E-state index < -0.39 is 53.2 Å². The summed E-state index contributed by atoms with van der Waals surface area (Å²) < 4.78 is 19.1. The Kier molecular flexibility index (Phi) is 9.72. The summed E-state index contributed by atoms with van der Waals surface area (Å²) in [5.41, 5.74) is -1.65. The van der Waals surface area contributed by atoms with Gasteiger partial charge < -0.3 is 34.9 Å². The number of aromatic nitrogens is 3. The number of pyridine rings is 1. The Morgan fingerprint density at radius 3 is 2.68 bits per heavy atom. The van der Waals surface area contributed by atoms with Crippen LogP contribution in [0.1, 0.15) is 65.7 Å². The molecule has 14 heteroatoms. The monoisotopic (exact) mass is 688 g/mol. The summed E-state index contributed by atoms with van der Waals surface area (Å²) in [7, 11) is 1.57. The zero-order valence-electron chi connectivity index (χ0n) is 28.8. The number of carbonyl (C=O) groups excluding carboxylic acids is 3. The number of aliphatic carboxylic acids is 1. The molecule has 1 saturated carbocycles. The summed E-state index contributed by atoms with van der Waals surface area (Å²) in [6, 6.07) is 6.89. The van der Waals surface area contributed by atoms with Gasteiger partial charge in [-0.3, -0.25) is 9.59 Å². The number of ether oxygens (including phenoxy) is 3. The number of methoxy groups -OCH3 is 1. The second-order valence-electron chi connectivity index (χ2n) is 14.1. The van der Waals surface area contributed by atoms with Crippen molar-refractivity contribution in [1.82, 2.24) is 30.3 Å². The first-order valence-corrected chi connectivity index (χ1v) is 17.0. The van der Waals surface area contributed by atoms with Gasteiger partial charge >= 0.3 is 12.1 Å². The van der Waals surface area contributed by atoms with Crippen molar-refractivity contribution in [2.45, 2.75) is 95.0 Å². The number of amides is 3. The summed E-state index contributed by atoms with van der Waals surface area (Å²) in [5.74, 6) is -0.973. The molecular weight excluding hydrogens is 644 g/mol. The summed E-state index contributed by atoms with van der Waals surface area (Å²) >= 11 is 0. The summed E-state index contributed by atoms with van der Waals surface area (Å²) in [6.07, 6.45) is 9.52. The summed E-state index contributed by atoms with van der Waals surface area (Å²) in [4.78, 5) is 59.9. The number of fused-ring (bicyclic) bond motifs is 3. The first-order chi connectivity index (χ1) is 23.9. The molecule has 3 aromatic rings. The highest BCUT2D eigenvalue weighted by molar-refractivity contribution is 5.96. The third kappa shape index (κ3) is 7.53. The minimum absolute atomic E-state index is 0.0178. The molecule has 1 aliphatic carbocycles. The van der Waals surface area contributed by atoms with E-state index in [1.54, 1.807) is 69.2 Å². The molecule has 0 bridgehead atoms. The lowest BCUT2D eigenvalue weighted by Gasteiger charge is -2.30. The van der Waals surface area contributed by atoms with Crippen molar-refractivity contribution in [2.24, 2.45) is 5.92 Å². The molecule has 6 rings (SSSR count). The van der Waals surface area contributed by atoms with E-state index in [2.05, 4.69) is 15.7 Å². The van der Waals surface area contributed by atoms with Crippen LogP contribution in [0.3, 0.4) is 0 Å². The molecule has 50 heavy (non-hydrogen) atoms. The van der Waals surface area contributed by atoms with Crippen LogP contribution in [-0.2, 0) is 19.1 Å². The first kappa shape index (κ1) is 34.7. The van der Waals surface area contributed by atoms with Gasteiger partial charge in [-0.1, -0.05) is 25.0 Å². The van der Waals surface area contributed by atoms with E-state index in [1.165, 1.54) is 4.90 Å². The Hall–Kier alpha value is -5.14. The average molecular weight is 689 g/mol. The van der Waals surface area contributed by atoms with Gasteiger partial charge in [-0.15, -0.1) is 0 Å². The molecule has 3 amide bonds. The van der Waals surface area contributed by atoms with Crippen molar-refractivity contribution in [2.75, 3.05) is 13.7 Å². The number of allylic oxidation sites excluding steroid dienone is 1. The Morgan fingerprint density at radius 1 is 1.14 bits per heavy atom. The van der Waals surface area contributed by atoms with Crippen LogP contribution in [0, 0.1) is 5.92 Å². The quantitative estimate of drug-likeness (QED) is 0.319. The number of carboxylic acid groups (broad SMARTS) is 1. The third-order valence-electron chi connectivity index (χ3n) is 9.31. The number of nitrogens with zero attached hydrogens (tertiary/aromatic N) is 4. The van der Waals surface area contributed by atoms with Crippen LogP contribution < -0.4 is 20.1 Å². The van der Waals surface area contributed by atoms with Gasteiger partial charge in [-0.25, -0.2) is 19.3 Å². The number of carbonyl (C=O) groups is 4. The fraction of sp³-hybridized carbons (Fsp3) is 0.500. The van der Waals surface area contributed by atoms with E-state index in [0.29, 0.717) is 41.1 Å². The fourth-order valence-corrected chi connectivity index (χ4v) is 6.69. The highest BCUT2D eigenvalue weighted by Crippen LogP contribution is 2.45. The molecule has 2 fully saturated rings. The molecule has 3 aliphatic rings. The number of rotatable bonds is 6. The number of alkyl carbamates (subject to hydrolysis) is 1. The molecule has 14 nitrogen and oxygen atoms in total. The van der Waals surface area contributed by atoms with E-state index >= 15 is 0 Å². The lowest BCUT2D eigenvalue weighted by molar-refractivity contribution is -0.145. The predicted molar refractivity (Wildman–Crippen MR) is 182 cm³/mol. The topological polar surface area (TPSA) is 174 Å². The average Bonchev–Trinajstić information content (AvgIpc) is 3.38. The van der Waals surface area contributed by atoms with Crippen LogP contribution in [0.4, 0.5) is 4.79 Å². The maximum atomic E-state index is 14.4. The van der Waals surface area contributed by atoms with E-state index in [1.807, 2.05) is 18.2 Å². The molecule has 2 aliphatic heterocycles. The number of hydrogen-bond donors (Lipinski definition) is 3. The summed E-state index contributed by atoms with van der Waals surface area (Å²) in [6.45, 7) is 5.23. The van der Waals surface area contributed by atoms with Gasteiger partial charge in [0.1, 0.15) is 40.8 Å². The smallest absolute Gasteiger partial charge is 0.408 e. The van der Waals surface area contributed by atoms with Gasteiger partial charge in [0.2, 0.25) is 11.8 Å². The van der Waals surface area contributed by atoms with Crippen molar-refractivity contribution in [3.8, 4) is 17.3 Å². The van der Waals surface area contributed by atoms with Crippen molar-refractivity contribution in [3.05, 3.63) is 54.9 Å². The Labute approximate surface area is 290 Å². The van der Waals surface area contributed by atoms with E-state index in [-0.39, 0.29) is 25.3 Å². The predicted octanol–water partition coefficient (Wildman–Crippen LogP) is 4.15. The van der Waals surface area contributed by atoms with Crippen LogP contribution in [0.5, 0.6) is 11.5 Å². The van der Waals surface area contributed by atoms with E-state index in [0.717, 1.165) is 19.3 Å². The van der Waals surface area contributed by atoms with Gasteiger partial charge in [0.25, 0.3) is 0 Å². The maximum Gasteiger partial charge on any atom is 0.408 e. The number of benzene rings is 1. The zero-order valence-corrected chi connectivity index (χ0v) is 28.8. The van der Waals surface area contributed by atoms with Crippen LogP contribution in [0.15, 0.2) is 54.9 Å². The molecule has 4 heterocycles. The molecule has 0 spiro atoms. The van der Waals surface area contributed by atoms with Gasteiger partial charge in [-0.05, 0) is 64.7 Å². The normalized spacial score (nSPS) is 26.4. The van der Waals surface area contributed by atoms with Crippen LogP contribution in [0.2, 0.25) is 0 Å². The SMILES string of the molecule is COc1ccc2c(O[C@@H]3C[C@H]4C(=O)N[C@]5(C(=O)O)CC5/C=C\CCCCC[C@H](NC(=O)OC(C)(C)C)C(=O)N4C3)cc(-n3cccn3)nc2c1. The molecule has 3 N–H and O–H groups in total. The van der Waals surface area contributed by atoms with Crippen molar-refractivity contribution < 1.29 is 38.5 Å². The molecule has 1 aromatic carbocycles. The second kappa shape index (κ2) is 14.0. The number of carboxylic acids is 1. The van der Waals surface area contributed by atoms with Crippen molar-refractivity contribution >= 4 is 34.8 Å². The van der Waals surface area contributed by atoms with Gasteiger partial charge in [-0.2, -0.15) is 5.10 Å². The molecule has 1 saturated heterocycles. The lowest BCUT2D eigenvalue weighted by Crippen LogP contribution is -2.56. The van der Waals surface area contributed by atoms with E-state index in [9.17, 15) is 24.3 Å². The highest BCUT2D eigenvalue weighted by atomic mass is 16.6. The highest BCUT2D eigenvalue weighted by Gasteiger charge is 2.61. The summed E-state index contributed by atoms with van der Waals surface area (Å²) in [5, 5.41) is 20.7. The fourth-order valence-electron chi connectivity index (χ4n) is 6.69. The van der Waals surface area contributed by atoms with Gasteiger partial charge in [0, 0.05) is 42.3 Å². The van der Waals surface area contributed by atoms with Crippen molar-refractivity contribution in [1.29, 1.82) is 0 Å². The second-order valence-corrected chi connectivity index (χ2v) is 14.1. The Morgan fingerprint density at radius 2 is 1.96 bits per heavy atom. The minimum Gasteiger partial charge on any atom is -0.497 e. The van der Waals surface area contributed by atoms with Crippen LogP contribution in [-0.4, -0.2) is 91.6 Å². The molecule has 0 radical (unpaired) electrons. The standard InChI is InChI=1S/C36H44N6O8/c1-35(2,3)50-34(47)39-26-12-9-7-5-6-8-11-22-20-36(22,33(45)46)40-31(43)28-18-24(21-41(28)32(26)44)49-29-19-30(42-16-10-15-37-42)38-27-17-23(48-4)13-14-25(27)29/h8,10-11,13-17,19,22,24,26,28H,5-7,9,12,18,20-21H2,1-4H3,(H,39,47)(H,40,43)(H,45,46)/b11-8-/t22?,24-,26+,28+,36-/m1/s1. The number of hydrogen-bond acceptors (Lipinski definition) is 9. The largest absolute Gasteiger partial charge is 0.497 e. The lowest BCUT2D eigenvalue weighted by atomic mass is 10.0. The molecule has 2 aromatic heterocycles. The van der Waals surface area contributed by atoms with Crippen molar-refractivity contribution in [3.63, 3.8) is 0 Å². The molecular formula is C36H44N6O8. The Bertz CT molecular complexity index is 1790. The molecule has 5 atom stereocenters. The molecule has 1 unspecified atom stereocenters. The van der Waals surface area contributed by atoms with Gasteiger partial charge in [0.05, 0.1) is 19.2 Å². The first-order valence-electron chi connectivity index (χ1n) is 17.0. The third-order valence-corrected chi connectivity index (χ3v) is 9.31. The Balaban J connectivity index is 1.34. The van der Waals surface area contributed by atoms with Gasteiger partial charge in [0.15, 0.2) is 5.82 Å². The van der Waals surface area contributed by atoms with E-state index in [4.69, 9.17) is 19.2 Å². The minimum atomic E-state index is -1.45. The van der Waals surface area contributed by atoms with Crippen LogP contribution >= 0.6 is 0 Å². The maximum absolute atomic E-state index is 14.4. The molecule has 266 valence electrons.